The molecule has 1 atom stereocenters. The molecule has 2 aromatic rings. The van der Waals surface area contributed by atoms with Gasteiger partial charge in [0.25, 0.3) is 0 Å². The van der Waals surface area contributed by atoms with Crippen LogP contribution in [0.2, 0.25) is 0 Å². The smallest absolute Gasteiger partial charge is 0.226 e. The van der Waals surface area contributed by atoms with Crippen molar-refractivity contribution in [1.82, 2.24) is 4.90 Å². The molecular weight excluding hydrogens is 362 g/mol. The van der Waals surface area contributed by atoms with Gasteiger partial charge in [0.15, 0.2) is 6.10 Å². The summed E-state index contributed by atoms with van der Waals surface area (Å²) in [5, 5.41) is 4.10. The van der Waals surface area contributed by atoms with E-state index in [1.165, 1.54) is 24.3 Å². The van der Waals surface area contributed by atoms with Gasteiger partial charge in [-0.2, -0.15) is 0 Å². The lowest BCUT2D eigenvalue weighted by atomic mass is 9.84. The van der Waals surface area contributed by atoms with Crippen LogP contribution in [0.4, 0.5) is 8.78 Å². The third kappa shape index (κ3) is 4.21. The fourth-order valence-corrected chi connectivity index (χ4v) is 3.57. The highest BCUT2D eigenvalue weighted by Gasteiger charge is 2.33. The Balaban J connectivity index is 1.43. The molecule has 2 aliphatic rings. The van der Waals surface area contributed by atoms with Gasteiger partial charge < -0.3 is 9.74 Å². The van der Waals surface area contributed by atoms with Gasteiger partial charge in [0.05, 0.1) is 12.3 Å². The first-order valence-electron chi connectivity index (χ1n) is 9.60. The first-order valence-corrected chi connectivity index (χ1v) is 9.60. The third-order valence-corrected chi connectivity index (χ3v) is 5.37. The number of rotatable bonds is 6. The summed E-state index contributed by atoms with van der Waals surface area (Å²) in [7, 11) is 0. The quantitative estimate of drug-likeness (QED) is 0.746. The molecule has 1 aliphatic carbocycles. The summed E-state index contributed by atoms with van der Waals surface area (Å²) < 4.78 is 26.7. The minimum absolute atomic E-state index is 0.0606. The summed E-state index contributed by atoms with van der Waals surface area (Å²) >= 11 is 0. The molecule has 1 saturated carbocycles. The molecule has 0 saturated heterocycles. The van der Waals surface area contributed by atoms with E-state index in [2.05, 4.69) is 5.16 Å². The average molecular weight is 384 g/mol. The molecular formula is C22H22F2N2O2. The van der Waals surface area contributed by atoms with E-state index < -0.39 is 0 Å². The zero-order chi connectivity index (χ0) is 19.5. The van der Waals surface area contributed by atoms with Crippen LogP contribution in [0.3, 0.4) is 0 Å². The zero-order valence-electron chi connectivity index (χ0n) is 15.5. The van der Waals surface area contributed by atoms with Crippen LogP contribution >= 0.6 is 0 Å². The van der Waals surface area contributed by atoms with Crippen LogP contribution in [0, 0.1) is 17.6 Å². The second-order valence-corrected chi connectivity index (χ2v) is 7.45. The summed E-state index contributed by atoms with van der Waals surface area (Å²) in [6.45, 7) is 0.805. The van der Waals surface area contributed by atoms with Crippen molar-refractivity contribution in [2.45, 2.75) is 38.3 Å². The SMILES string of the molecule is O=C(C1CCC1)N(Cc1ccc(F)cc1)C[C@H]1CC(c2cccc(F)c2)=NO1. The van der Waals surface area contributed by atoms with Gasteiger partial charge in [-0.15, -0.1) is 0 Å². The first kappa shape index (κ1) is 18.6. The van der Waals surface area contributed by atoms with E-state index in [1.54, 1.807) is 29.2 Å². The molecule has 0 bridgehead atoms. The van der Waals surface area contributed by atoms with E-state index in [-0.39, 0.29) is 29.6 Å². The van der Waals surface area contributed by atoms with Crippen LogP contribution in [0.15, 0.2) is 53.7 Å². The van der Waals surface area contributed by atoms with Crippen molar-refractivity contribution >= 4 is 11.6 Å². The van der Waals surface area contributed by atoms with Crippen LogP contribution in [-0.2, 0) is 16.2 Å². The maximum Gasteiger partial charge on any atom is 0.226 e. The van der Waals surface area contributed by atoms with Gasteiger partial charge in [0.1, 0.15) is 11.6 Å². The minimum Gasteiger partial charge on any atom is -0.390 e. The molecule has 4 rings (SSSR count). The summed E-state index contributed by atoms with van der Waals surface area (Å²) in [5.41, 5.74) is 2.25. The monoisotopic (exact) mass is 384 g/mol. The number of oxime groups is 1. The van der Waals surface area contributed by atoms with E-state index in [9.17, 15) is 13.6 Å². The second-order valence-electron chi connectivity index (χ2n) is 7.45. The Labute approximate surface area is 162 Å². The molecule has 4 nitrogen and oxygen atoms in total. The van der Waals surface area contributed by atoms with Gasteiger partial charge in [0, 0.05) is 24.4 Å². The molecule has 1 heterocycles. The molecule has 6 heteroatoms. The summed E-state index contributed by atoms with van der Waals surface area (Å²) in [6, 6.07) is 12.4. The van der Waals surface area contributed by atoms with Crippen LogP contribution in [0.25, 0.3) is 0 Å². The minimum atomic E-state index is -0.318. The van der Waals surface area contributed by atoms with Crippen LogP contribution in [0.1, 0.15) is 36.8 Å². The lowest BCUT2D eigenvalue weighted by Gasteiger charge is -2.32. The van der Waals surface area contributed by atoms with Gasteiger partial charge in [-0.05, 0) is 42.7 Å². The van der Waals surface area contributed by atoms with E-state index in [0.717, 1.165) is 24.8 Å². The van der Waals surface area contributed by atoms with Crippen LogP contribution < -0.4 is 0 Å². The van der Waals surface area contributed by atoms with Gasteiger partial charge in [0.2, 0.25) is 5.91 Å². The molecule has 28 heavy (non-hydrogen) atoms. The molecule has 1 fully saturated rings. The Morgan fingerprint density at radius 2 is 1.89 bits per heavy atom. The molecule has 2 aromatic carbocycles. The third-order valence-electron chi connectivity index (χ3n) is 5.37. The standard InChI is InChI=1S/C22H22F2N2O2/c23-18-9-7-15(8-10-18)13-26(22(27)16-3-1-4-16)14-20-12-21(25-28-20)17-5-2-6-19(24)11-17/h2,5-11,16,20H,1,3-4,12-14H2/t20-/m1/s1. The summed E-state index contributed by atoms with van der Waals surface area (Å²) in [5.74, 6) is -0.446. The Morgan fingerprint density at radius 1 is 1.11 bits per heavy atom. The van der Waals surface area contributed by atoms with Gasteiger partial charge >= 0.3 is 0 Å². The zero-order valence-corrected chi connectivity index (χ0v) is 15.5. The maximum atomic E-state index is 13.5. The number of carbonyl (C=O) groups excluding carboxylic acids is 1. The van der Waals surface area contributed by atoms with Crippen LogP contribution in [0.5, 0.6) is 0 Å². The highest BCUT2D eigenvalue weighted by atomic mass is 19.1. The summed E-state index contributed by atoms with van der Waals surface area (Å²) in [4.78, 5) is 20.2. The van der Waals surface area contributed by atoms with Crippen molar-refractivity contribution < 1.29 is 18.4 Å². The molecule has 0 unspecified atom stereocenters. The lowest BCUT2D eigenvalue weighted by molar-refractivity contribution is -0.140. The number of hydrogen-bond donors (Lipinski definition) is 0. The van der Waals surface area contributed by atoms with Crippen molar-refractivity contribution in [2.75, 3.05) is 6.54 Å². The predicted molar refractivity (Wildman–Crippen MR) is 102 cm³/mol. The maximum absolute atomic E-state index is 13.5. The Hall–Kier alpha value is -2.76. The largest absolute Gasteiger partial charge is 0.390 e. The summed E-state index contributed by atoms with van der Waals surface area (Å²) in [6.07, 6.45) is 3.14. The van der Waals surface area contributed by atoms with E-state index in [0.29, 0.717) is 30.8 Å². The number of carbonyl (C=O) groups is 1. The predicted octanol–water partition coefficient (Wildman–Crippen LogP) is 4.29. The van der Waals surface area contributed by atoms with Gasteiger partial charge in [-0.25, -0.2) is 8.78 Å². The molecule has 0 spiro atoms. The Kier molecular flexibility index (Phi) is 5.37. The highest BCUT2D eigenvalue weighted by Crippen LogP contribution is 2.29. The number of amides is 1. The van der Waals surface area contributed by atoms with Crippen molar-refractivity contribution in [3.63, 3.8) is 0 Å². The first-order chi connectivity index (χ1) is 13.6. The lowest BCUT2D eigenvalue weighted by Crippen LogP contribution is -2.42. The van der Waals surface area contributed by atoms with Gasteiger partial charge in [-0.1, -0.05) is 35.8 Å². The molecule has 0 radical (unpaired) electrons. The van der Waals surface area contributed by atoms with Crippen molar-refractivity contribution in [3.8, 4) is 0 Å². The average Bonchev–Trinajstić information content (AvgIpc) is 3.10. The van der Waals surface area contributed by atoms with E-state index >= 15 is 0 Å². The van der Waals surface area contributed by atoms with E-state index in [4.69, 9.17) is 4.84 Å². The fraction of sp³-hybridized carbons (Fsp3) is 0.364. The van der Waals surface area contributed by atoms with Crippen molar-refractivity contribution in [3.05, 3.63) is 71.3 Å². The number of hydrogen-bond acceptors (Lipinski definition) is 3. The van der Waals surface area contributed by atoms with Crippen molar-refractivity contribution in [2.24, 2.45) is 11.1 Å². The number of halogens is 2. The molecule has 0 aromatic heterocycles. The molecule has 0 N–H and O–H groups in total. The number of nitrogens with zero attached hydrogens (tertiary/aromatic N) is 2. The fourth-order valence-electron chi connectivity index (χ4n) is 3.57. The van der Waals surface area contributed by atoms with Crippen LogP contribution in [-0.4, -0.2) is 29.2 Å². The topological polar surface area (TPSA) is 41.9 Å². The Morgan fingerprint density at radius 3 is 2.57 bits per heavy atom. The molecule has 1 amide bonds. The molecule has 146 valence electrons. The normalized spacial score (nSPS) is 18.9. The van der Waals surface area contributed by atoms with E-state index in [1.807, 2.05) is 0 Å². The van der Waals surface area contributed by atoms with Crippen molar-refractivity contribution in [1.29, 1.82) is 0 Å². The highest BCUT2D eigenvalue weighted by molar-refractivity contribution is 6.01. The van der Waals surface area contributed by atoms with Gasteiger partial charge in [-0.3, -0.25) is 4.79 Å². The second kappa shape index (κ2) is 8.09. The number of benzene rings is 2. The Bertz CT molecular complexity index is 878. The molecule has 1 aliphatic heterocycles.